The van der Waals surface area contributed by atoms with E-state index in [0.29, 0.717) is 5.41 Å². The number of hydrogen-bond acceptors (Lipinski definition) is 3. The summed E-state index contributed by atoms with van der Waals surface area (Å²) >= 11 is 0. The molecule has 0 bridgehead atoms. The Labute approximate surface area is 73.3 Å². The van der Waals surface area contributed by atoms with Crippen LogP contribution in [0.1, 0.15) is 13.3 Å². The topological polar surface area (TPSA) is 32.7 Å². The van der Waals surface area contributed by atoms with Crippen LogP contribution >= 0.6 is 0 Å². The molecule has 0 aromatic carbocycles. The quantitative estimate of drug-likeness (QED) is 0.639. The monoisotopic (exact) mass is 171 g/mol. The maximum absolute atomic E-state index is 9.31. The van der Waals surface area contributed by atoms with Crippen LogP contribution in [0.5, 0.6) is 0 Å². The van der Waals surface area contributed by atoms with Crippen LogP contribution in [0.15, 0.2) is 0 Å². The largest absolute Gasteiger partial charge is 0.392 e. The van der Waals surface area contributed by atoms with E-state index in [1.165, 1.54) is 0 Å². The molecule has 1 atom stereocenters. The van der Waals surface area contributed by atoms with Crippen LogP contribution < -0.4 is 0 Å². The molecule has 0 aromatic heterocycles. The first kappa shape index (κ1) is 8.48. The molecule has 0 aliphatic carbocycles. The highest BCUT2D eigenvalue weighted by Gasteiger charge is 2.36. The van der Waals surface area contributed by atoms with Crippen molar-refractivity contribution in [2.45, 2.75) is 19.4 Å². The molecule has 3 heteroatoms. The summed E-state index contributed by atoms with van der Waals surface area (Å²) in [6, 6.07) is 0. The molecule has 1 N–H and O–H groups in total. The van der Waals surface area contributed by atoms with E-state index >= 15 is 0 Å². The lowest BCUT2D eigenvalue weighted by Crippen LogP contribution is -2.48. The van der Waals surface area contributed by atoms with E-state index in [1.807, 2.05) is 0 Å². The molecule has 70 valence electrons. The Morgan fingerprint density at radius 2 is 2.33 bits per heavy atom. The van der Waals surface area contributed by atoms with Crippen molar-refractivity contribution in [1.29, 1.82) is 0 Å². The highest BCUT2D eigenvalue weighted by Crippen LogP contribution is 2.28. The summed E-state index contributed by atoms with van der Waals surface area (Å²) in [7, 11) is 0. The second-order valence-electron chi connectivity index (χ2n) is 4.48. The Bertz CT molecular complexity index is 168. The maximum Gasteiger partial charge on any atom is 0.0679 e. The first-order valence-electron chi connectivity index (χ1n) is 4.66. The molecule has 0 spiro atoms. The minimum atomic E-state index is -0.0883. The van der Waals surface area contributed by atoms with Gasteiger partial charge in [0, 0.05) is 25.0 Å². The lowest BCUT2D eigenvalue weighted by Gasteiger charge is -2.40. The van der Waals surface area contributed by atoms with E-state index in [1.54, 1.807) is 0 Å². The Morgan fingerprint density at radius 3 is 2.75 bits per heavy atom. The van der Waals surface area contributed by atoms with Gasteiger partial charge < -0.3 is 9.84 Å². The van der Waals surface area contributed by atoms with Gasteiger partial charge in [0.2, 0.25) is 0 Å². The Hall–Kier alpha value is -0.120. The SMILES string of the molecule is CC1(CN2CCC(O)C2)COC1. The number of aliphatic hydroxyl groups excluding tert-OH is 1. The summed E-state index contributed by atoms with van der Waals surface area (Å²) in [6.45, 7) is 7.02. The van der Waals surface area contributed by atoms with Crippen molar-refractivity contribution < 1.29 is 9.84 Å². The van der Waals surface area contributed by atoms with Crippen LogP contribution in [0.4, 0.5) is 0 Å². The average molecular weight is 171 g/mol. The molecule has 0 amide bonds. The molecule has 2 heterocycles. The van der Waals surface area contributed by atoms with Gasteiger partial charge in [0.25, 0.3) is 0 Å². The fourth-order valence-electron chi connectivity index (χ4n) is 2.04. The standard InChI is InChI=1S/C9H17NO2/c1-9(6-12-7-9)5-10-3-2-8(11)4-10/h8,11H,2-7H2,1H3. The van der Waals surface area contributed by atoms with Crippen molar-refractivity contribution in [3.63, 3.8) is 0 Å². The van der Waals surface area contributed by atoms with E-state index in [0.717, 1.165) is 39.3 Å². The van der Waals surface area contributed by atoms with Crippen molar-refractivity contribution in [1.82, 2.24) is 4.90 Å². The molecule has 12 heavy (non-hydrogen) atoms. The van der Waals surface area contributed by atoms with Gasteiger partial charge >= 0.3 is 0 Å². The molecule has 3 nitrogen and oxygen atoms in total. The molecule has 0 radical (unpaired) electrons. The second kappa shape index (κ2) is 2.98. The lowest BCUT2D eigenvalue weighted by atomic mass is 9.88. The van der Waals surface area contributed by atoms with Gasteiger partial charge in [-0.2, -0.15) is 0 Å². The second-order valence-corrected chi connectivity index (χ2v) is 4.48. The predicted molar refractivity (Wildman–Crippen MR) is 46.0 cm³/mol. The zero-order valence-corrected chi connectivity index (χ0v) is 7.62. The van der Waals surface area contributed by atoms with Crippen molar-refractivity contribution >= 4 is 0 Å². The van der Waals surface area contributed by atoms with Crippen LogP contribution in [0.2, 0.25) is 0 Å². The number of likely N-dealkylation sites (tertiary alicyclic amines) is 1. The van der Waals surface area contributed by atoms with Crippen LogP contribution in [0.25, 0.3) is 0 Å². The highest BCUT2D eigenvalue weighted by molar-refractivity contribution is 4.87. The third-order valence-corrected chi connectivity index (χ3v) is 2.75. The molecule has 0 saturated carbocycles. The van der Waals surface area contributed by atoms with Gasteiger partial charge in [-0.05, 0) is 6.42 Å². The zero-order valence-electron chi connectivity index (χ0n) is 7.62. The van der Waals surface area contributed by atoms with E-state index in [9.17, 15) is 5.11 Å². The van der Waals surface area contributed by atoms with E-state index < -0.39 is 0 Å². The molecular weight excluding hydrogens is 154 g/mol. The number of aliphatic hydroxyl groups is 1. The summed E-state index contributed by atoms with van der Waals surface area (Å²) in [6.07, 6.45) is 0.853. The molecule has 1 unspecified atom stereocenters. The first-order valence-corrected chi connectivity index (χ1v) is 4.66. The van der Waals surface area contributed by atoms with Crippen LogP contribution in [0.3, 0.4) is 0 Å². The van der Waals surface area contributed by atoms with Crippen molar-refractivity contribution in [3.8, 4) is 0 Å². The van der Waals surface area contributed by atoms with Crippen LogP contribution in [0, 0.1) is 5.41 Å². The summed E-state index contributed by atoms with van der Waals surface area (Å²) in [5, 5.41) is 9.31. The van der Waals surface area contributed by atoms with Gasteiger partial charge in [0.05, 0.1) is 19.3 Å². The fraction of sp³-hybridized carbons (Fsp3) is 1.00. The molecule has 0 aromatic rings. The summed E-state index contributed by atoms with van der Waals surface area (Å²) in [5.41, 5.74) is 0.365. The van der Waals surface area contributed by atoms with Gasteiger partial charge in [-0.25, -0.2) is 0 Å². The number of hydrogen-bond donors (Lipinski definition) is 1. The third-order valence-electron chi connectivity index (χ3n) is 2.75. The molecular formula is C9H17NO2. The molecule has 2 aliphatic heterocycles. The van der Waals surface area contributed by atoms with Crippen molar-refractivity contribution in [3.05, 3.63) is 0 Å². The van der Waals surface area contributed by atoms with Gasteiger partial charge in [0.15, 0.2) is 0 Å². The van der Waals surface area contributed by atoms with Crippen LogP contribution in [-0.4, -0.2) is 49.0 Å². The minimum absolute atomic E-state index is 0.0883. The van der Waals surface area contributed by atoms with Gasteiger partial charge in [-0.1, -0.05) is 6.92 Å². The number of rotatable bonds is 2. The summed E-state index contributed by atoms with van der Waals surface area (Å²) in [5.74, 6) is 0. The predicted octanol–water partition coefficient (Wildman–Crippen LogP) is 0.0895. The Morgan fingerprint density at radius 1 is 1.58 bits per heavy atom. The minimum Gasteiger partial charge on any atom is -0.392 e. The molecule has 2 saturated heterocycles. The smallest absolute Gasteiger partial charge is 0.0679 e. The molecule has 2 aliphatic rings. The lowest BCUT2D eigenvalue weighted by molar-refractivity contribution is -0.113. The van der Waals surface area contributed by atoms with Crippen molar-refractivity contribution in [2.75, 3.05) is 32.8 Å². The molecule has 2 rings (SSSR count). The average Bonchev–Trinajstić information content (AvgIpc) is 2.32. The number of nitrogens with zero attached hydrogens (tertiary/aromatic N) is 1. The van der Waals surface area contributed by atoms with Gasteiger partial charge in [0.1, 0.15) is 0 Å². The maximum atomic E-state index is 9.31. The number of ether oxygens (including phenoxy) is 1. The van der Waals surface area contributed by atoms with Gasteiger partial charge in [-0.15, -0.1) is 0 Å². The summed E-state index contributed by atoms with van der Waals surface area (Å²) < 4.78 is 5.19. The normalized spacial score (nSPS) is 35.0. The summed E-state index contributed by atoms with van der Waals surface area (Å²) in [4.78, 5) is 2.34. The first-order chi connectivity index (χ1) is 5.68. The Balaban J connectivity index is 1.79. The highest BCUT2D eigenvalue weighted by atomic mass is 16.5. The fourth-order valence-corrected chi connectivity index (χ4v) is 2.04. The van der Waals surface area contributed by atoms with Crippen LogP contribution in [-0.2, 0) is 4.74 Å². The number of β-amino-alcohol motifs (C(OH)–C–C–N with tert-alkyl or cyclic N) is 1. The van der Waals surface area contributed by atoms with E-state index in [4.69, 9.17) is 4.74 Å². The Kier molecular flexibility index (Phi) is 2.10. The van der Waals surface area contributed by atoms with E-state index in [-0.39, 0.29) is 6.10 Å². The molecule has 2 fully saturated rings. The van der Waals surface area contributed by atoms with E-state index in [2.05, 4.69) is 11.8 Å². The van der Waals surface area contributed by atoms with Crippen molar-refractivity contribution in [2.24, 2.45) is 5.41 Å². The third kappa shape index (κ3) is 1.63. The zero-order chi connectivity index (χ0) is 8.60. The van der Waals surface area contributed by atoms with Gasteiger partial charge in [-0.3, -0.25) is 4.90 Å².